The SMILES string of the molecule is CCC(=O)c1cc(-c2ccccc2)ccc1O. The number of benzene rings is 2. The number of phenolic OH excluding ortho intramolecular Hbond substituents is 1. The summed E-state index contributed by atoms with van der Waals surface area (Å²) >= 11 is 0. The van der Waals surface area contributed by atoms with E-state index in [2.05, 4.69) is 0 Å². The highest BCUT2D eigenvalue weighted by Crippen LogP contribution is 2.26. The maximum atomic E-state index is 11.7. The van der Waals surface area contributed by atoms with Gasteiger partial charge in [-0.1, -0.05) is 43.3 Å². The summed E-state index contributed by atoms with van der Waals surface area (Å²) in [7, 11) is 0. The molecule has 2 nitrogen and oxygen atoms in total. The quantitative estimate of drug-likeness (QED) is 0.811. The van der Waals surface area contributed by atoms with Gasteiger partial charge in [0.2, 0.25) is 0 Å². The molecule has 0 spiro atoms. The zero-order valence-electron chi connectivity index (χ0n) is 9.68. The van der Waals surface area contributed by atoms with E-state index < -0.39 is 0 Å². The molecule has 2 aromatic rings. The lowest BCUT2D eigenvalue weighted by molar-refractivity contribution is 0.0985. The molecular formula is C15H14O2. The first-order valence-corrected chi connectivity index (χ1v) is 5.64. The molecule has 17 heavy (non-hydrogen) atoms. The maximum absolute atomic E-state index is 11.7. The van der Waals surface area contributed by atoms with Crippen molar-refractivity contribution in [2.75, 3.05) is 0 Å². The number of hydrogen-bond donors (Lipinski definition) is 1. The van der Waals surface area contributed by atoms with Crippen molar-refractivity contribution in [1.82, 2.24) is 0 Å². The topological polar surface area (TPSA) is 37.3 Å². The minimum atomic E-state index is -0.0414. The van der Waals surface area contributed by atoms with Gasteiger partial charge in [-0.15, -0.1) is 0 Å². The predicted octanol–water partition coefficient (Wildman–Crippen LogP) is 3.65. The largest absolute Gasteiger partial charge is 0.507 e. The Morgan fingerprint density at radius 1 is 1.06 bits per heavy atom. The van der Waals surface area contributed by atoms with Crippen LogP contribution in [0.3, 0.4) is 0 Å². The Balaban J connectivity index is 2.48. The van der Waals surface area contributed by atoms with Crippen molar-refractivity contribution in [3.63, 3.8) is 0 Å². The van der Waals surface area contributed by atoms with Crippen LogP contribution in [-0.2, 0) is 0 Å². The third-order valence-corrected chi connectivity index (χ3v) is 2.73. The van der Waals surface area contributed by atoms with Crippen LogP contribution in [0.1, 0.15) is 23.7 Å². The number of carbonyl (C=O) groups excluding carboxylic acids is 1. The zero-order valence-corrected chi connectivity index (χ0v) is 9.68. The van der Waals surface area contributed by atoms with Gasteiger partial charge in [0.05, 0.1) is 5.56 Å². The Labute approximate surface area is 101 Å². The normalized spacial score (nSPS) is 10.2. The van der Waals surface area contributed by atoms with Gasteiger partial charge < -0.3 is 5.11 Å². The standard InChI is InChI=1S/C15H14O2/c1-2-14(16)13-10-12(8-9-15(13)17)11-6-4-3-5-7-11/h3-10,17H,2H2,1H3. The first-order chi connectivity index (χ1) is 8.22. The molecule has 0 unspecified atom stereocenters. The van der Waals surface area contributed by atoms with E-state index in [1.165, 1.54) is 0 Å². The van der Waals surface area contributed by atoms with Crippen LogP contribution in [-0.4, -0.2) is 10.9 Å². The molecule has 0 radical (unpaired) electrons. The van der Waals surface area contributed by atoms with Gasteiger partial charge in [0.15, 0.2) is 5.78 Å². The fourth-order valence-corrected chi connectivity index (χ4v) is 1.76. The van der Waals surface area contributed by atoms with Gasteiger partial charge in [0.25, 0.3) is 0 Å². The molecule has 2 aromatic carbocycles. The van der Waals surface area contributed by atoms with Crippen molar-refractivity contribution in [2.24, 2.45) is 0 Å². The van der Waals surface area contributed by atoms with Crippen LogP contribution < -0.4 is 0 Å². The molecule has 0 aromatic heterocycles. The first-order valence-electron chi connectivity index (χ1n) is 5.64. The summed E-state index contributed by atoms with van der Waals surface area (Å²) < 4.78 is 0. The molecule has 0 aliphatic rings. The number of Topliss-reactive ketones (excluding diaryl/α,β-unsaturated/α-hetero) is 1. The highest BCUT2D eigenvalue weighted by atomic mass is 16.3. The van der Waals surface area contributed by atoms with E-state index in [1.807, 2.05) is 36.4 Å². The summed E-state index contributed by atoms with van der Waals surface area (Å²) in [6, 6.07) is 14.9. The Bertz CT molecular complexity index is 530. The van der Waals surface area contributed by atoms with E-state index in [4.69, 9.17) is 0 Å². The van der Waals surface area contributed by atoms with Gasteiger partial charge in [0.1, 0.15) is 5.75 Å². The van der Waals surface area contributed by atoms with Gasteiger partial charge in [-0.25, -0.2) is 0 Å². The number of ketones is 1. The minimum Gasteiger partial charge on any atom is -0.507 e. The van der Waals surface area contributed by atoms with E-state index in [0.29, 0.717) is 12.0 Å². The number of carbonyl (C=O) groups is 1. The van der Waals surface area contributed by atoms with E-state index in [-0.39, 0.29) is 11.5 Å². The lowest BCUT2D eigenvalue weighted by Gasteiger charge is -2.06. The molecule has 0 bridgehead atoms. The summed E-state index contributed by atoms with van der Waals surface area (Å²) in [6.45, 7) is 1.79. The van der Waals surface area contributed by atoms with Crippen molar-refractivity contribution < 1.29 is 9.90 Å². The molecule has 0 saturated heterocycles. The van der Waals surface area contributed by atoms with Crippen LogP contribution in [0.15, 0.2) is 48.5 Å². The van der Waals surface area contributed by atoms with Crippen molar-refractivity contribution >= 4 is 5.78 Å². The summed E-state index contributed by atoms with van der Waals surface area (Å²) in [5, 5.41) is 9.66. The number of hydrogen-bond acceptors (Lipinski definition) is 2. The Morgan fingerprint density at radius 2 is 1.76 bits per heavy atom. The smallest absolute Gasteiger partial charge is 0.166 e. The number of aromatic hydroxyl groups is 1. The summed E-state index contributed by atoms with van der Waals surface area (Å²) in [5.41, 5.74) is 2.38. The second-order valence-corrected chi connectivity index (χ2v) is 3.87. The molecule has 0 aliphatic heterocycles. The van der Waals surface area contributed by atoms with Gasteiger partial charge in [-0.3, -0.25) is 4.79 Å². The summed E-state index contributed by atoms with van der Waals surface area (Å²) in [4.78, 5) is 11.7. The average Bonchev–Trinajstić information content (AvgIpc) is 2.39. The Morgan fingerprint density at radius 3 is 2.41 bits per heavy atom. The van der Waals surface area contributed by atoms with Gasteiger partial charge in [-0.2, -0.15) is 0 Å². The fraction of sp³-hybridized carbons (Fsp3) is 0.133. The highest BCUT2D eigenvalue weighted by molar-refractivity contribution is 5.99. The zero-order chi connectivity index (χ0) is 12.3. The summed E-state index contributed by atoms with van der Waals surface area (Å²) in [6.07, 6.45) is 0.395. The van der Waals surface area contributed by atoms with Crippen LogP contribution in [0.5, 0.6) is 5.75 Å². The summed E-state index contributed by atoms with van der Waals surface area (Å²) in [5.74, 6) is 0.0109. The molecule has 0 heterocycles. The van der Waals surface area contributed by atoms with E-state index in [1.54, 1.807) is 19.1 Å². The maximum Gasteiger partial charge on any atom is 0.166 e. The van der Waals surface area contributed by atoms with Gasteiger partial charge in [0, 0.05) is 6.42 Å². The van der Waals surface area contributed by atoms with Crippen molar-refractivity contribution in [3.05, 3.63) is 54.1 Å². The fourth-order valence-electron chi connectivity index (χ4n) is 1.76. The van der Waals surface area contributed by atoms with Crippen molar-refractivity contribution in [2.45, 2.75) is 13.3 Å². The molecule has 0 saturated carbocycles. The van der Waals surface area contributed by atoms with Crippen LogP contribution in [0.4, 0.5) is 0 Å². The van der Waals surface area contributed by atoms with E-state index >= 15 is 0 Å². The molecule has 0 atom stereocenters. The Kier molecular flexibility index (Phi) is 3.24. The van der Waals surface area contributed by atoms with Crippen LogP contribution in [0, 0.1) is 0 Å². The van der Waals surface area contributed by atoms with Gasteiger partial charge in [-0.05, 0) is 23.3 Å². The minimum absolute atomic E-state index is 0.0414. The lowest BCUT2D eigenvalue weighted by Crippen LogP contribution is -1.97. The third-order valence-electron chi connectivity index (χ3n) is 2.73. The van der Waals surface area contributed by atoms with Crippen molar-refractivity contribution in [1.29, 1.82) is 0 Å². The number of rotatable bonds is 3. The molecule has 2 heteroatoms. The molecule has 2 rings (SSSR count). The molecule has 86 valence electrons. The molecule has 0 fully saturated rings. The lowest BCUT2D eigenvalue weighted by atomic mass is 10.00. The van der Waals surface area contributed by atoms with Crippen LogP contribution in [0.25, 0.3) is 11.1 Å². The van der Waals surface area contributed by atoms with Gasteiger partial charge >= 0.3 is 0 Å². The highest BCUT2D eigenvalue weighted by Gasteiger charge is 2.10. The second-order valence-electron chi connectivity index (χ2n) is 3.87. The average molecular weight is 226 g/mol. The monoisotopic (exact) mass is 226 g/mol. The van der Waals surface area contributed by atoms with E-state index in [9.17, 15) is 9.90 Å². The Hall–Kier alpha value is -2.09. The molecule has 0 aliphatic carbocycles. The molecule has 0 amide bonds. The number of phenols is 1. The van der Waals surface area contributed by atoms with Crippen molar-refractivity contribution in [3.8, 4) is 16.9 Å². The predicted molar refractivity (Wildman–Crippen MR) is 68.2 cm³/mol. The van der Waals surface area contributed by atoms with Crippen LogP contribution >= 0.6 is 0 Å². The molecular weight excluding hydrogens is 212 g/mol. The third kappa shape index (κ3) is 2.36. The van der Waals surface area contributed by atoms with E-state index in [0.717, 1.165) is 11.1 Å². The van der Waals surface area contributed by atoms with Crippen LogP contribution in [0.2, 0.25) is 0 Å². The second kappa shape index (κ2) is 4.83. The first kappa shape index (κ1) is 11.4. The molecule has 1 N–H and O–H groups in total.